The third-order valence-corrected chi connectivity index (χ3v) is 7.54. The SMILES string of the molecule is O=C(NCC(=O)N1CCN(S(=O)(=O)c2ccccc2)CC1)c1ccc(-c2ccccc2)cc1. The van der Waals surface area contributed by atoms with Crippen molar-refractivity contribution < 1.29 is 18.0 Å². The Morgan fingerprint density at radius 2 is 1.27 bits per heavy atom. The predicted octanol–water partition coefficient (Wildman–Crippen LogP) is 2.62. The van der Waals surface area contributed by atoms with Crippen molar-refractivity contribution >= 4 is 21.8 Å². The van der Waals surface area contributed by atoms with Crippen molar-refractivity contribution in [1.82, 2.24) is 14.5 Å². The number of hydrogen-bond acceptors (Lipinski definition) is 4. The summed E-state index contributed by atoms with van der Waals surface area (Å²) in [5, 5.41) is 2.66. The maximum Gasteiger partial charge on any atom is 0.251 e. The first-order chi connectivity index (χ1) is 15.9. The van der Waals surface area contributed by atoms with Gasteiger partial charge in [0.2, 0.25) is 15.9 Å². The number of nitrogens with zero attached hydrogens (tertiary/aromatic N) is 2. The number of rotatable bonds is 6. The number of carbonyl (C=O) groups is 2. The van der Waals surface area contributed by atoms with Crippen LogP contribution >= 0.6 is 0 Å². The van der Waals surface area contributed by atoms with Crippen molar-refractivity contribution in [3.8, 4) is 11.1 Å². The topological polar surface area (TPSA) is 86.8 Å². The van der Waals surface area contributed by atoms with E-state index in [4.69, 9.17) is 0 Å². The lowest BCUT2D eigenvalue weighted by atomic mass is 10.0. The first kappa shape index (κ1) is 22.7. The highest BCUT2D eigenvalue weighted by molar-refractivity contribution is 7.89. The van der Waals surface area contributed by atoms with Crippen LogP contribution in [0.4, 0.5) is 0 Å². The largest absolute Gasteiger partial charge is 0.343 e. The zero-order chi connectivity index (χ0) is 23.3. The van der Waals surface area contributed by atoms with Gasteiger partial charge in [-0.05, 0) is 35.4 Å². The van der Waals surface area contributed by atoms with Gasteiger partial charge >= 0.3 is 0 Å². The lowest BCUT2D eigenvalue weighted by Gasteiger charge is -2.34. The number of piperazine rings is 1. The molecule has 3 aromatic carbocycles. The molecular formula is C25H25N3O4S. The highest BCUT2D eigenvalue weighted by Crippen LogP contribution is 2.19. The van der Waals surface area contributed by atoms with Crippen molar-refractivity contribution in [2.45, 2.75) is 4.90 Å². The van der Waals surface area contributed by atoms with E-state index in [2.05, 4.69) is 5.32 Å². The van der Waals surface area contributed by atoms with Gasteiger partial charge in [-0.3, -0.25) is 9.59 Å². The van der Waals surface area contributed by atoms with E-state index in [-0.39, 0.29) is 49.4 Å². The molecule has 170 valence electrons. The van der Waals surface area contributed by atoms with Gasteiger partial charge in [-0.15, -0.1) is 0 Å². The molecule has 4 rings (SSSR count). The molecular weight excluding hydrogens is 438 g/mol. The van der Waals surface area contributed by atoms with E-state index in [1.54, 1.807) is 47.4 Å². The van der Waals surface area contributed by atoms with E-state index in [9.17, 15) is 18.0 Å². The lowest BCUT2D eigenvalue weighted by molar-refractivity contribution is -0.131. The van der Waals surface area contributed by atoms with Crippen molar-refractivity contribution in [2.24, 2.45) is 0 Å². The van der Waals surface area contributed by atoms with E-state index < -0.39 is 10.0 Å². The van der Waals surface area contributed by atoms with Crippen LogP contribution in [0.5, 0.6) is 0 Å². The minimum absolute atomic E-state index is 0.134. The van der Waals surface area contributed by atoms with Gasteiger partial charge in [0.15, 0.2) is 0 Å². The van der Waals surface area contributed by atoms with Crippen LogP contribution in [-0.4, -0.2) is 62.2 Å². The fourth-order valence-corrected chi connectivity index (χ4v) is 5.18. The molecule has 3 aromatic rings. The molecule has 1 aliphatic heterocycles. The van der Waals surface area contributed by atoms with Crippen LogP contribution in [0.3, 0.4) is 0 Å². The Morgan fingerprint density at radius 1 is 0.727 bits per heavy atom. The zero-order valence-corrected chi connectivity index (χ0v) is 18.9. The normalized spacial score (nSPS) is 14.6. The number of amides is 2. The second-order valence-corrected chi connectivity index (χ2v) is 9.66. The van der Waals surface area contributed by atoms with Crippen LogP contribution in [0.2, 0.25) is 0 Å². The van der Waals surface area contributed by atoms with Crippen molar-refractivity contribution in [1.29, 1.82) is 0 Å². The van der Waals surface area contributed by atoms with Crippen molar-refractivity contribution in [3.63, 3.8) is 0 Å². The Bertz CT molecular complexity index is 1210. The van der Waals surface area contributed by atoms with Gasteiger partial charge in [0, 0.05) is 31.7 Å². The van der Waals surface area contributed by atoms with Gasteiger partial charge in [0.25, 0.3) is 5.91 Å². The molecule has 33 heavy (non-hydrogen) atoms. The van der Waals surface area contributed by atoms with E-state index in [1.165, 1.54) is 4.31 Å². The van der Waals surface area contributed by atoms with Crippen LogP contribution in [0.15, 0.2) is 89.8 Å². The van der Waals surface area contributed by atoms with Crippen LogP contribution in [0.25, 0.3) is 11.1 Å². The molecule has 0 saturated carbocycles. The van der Waals surface area contributed by atoms with Gasteiger partial charge < -0.3 is 10.2 Å². The van der Waals surface area contributed by atoms with E-state index >= 15 is 0 Å². The summed E-state index contributed by atoms with van der Waals surface area (Å²) in [7, 11) is -3.57. The molecule has 0 aromatic heterocycles. The Morgan fingerprint density at radius 3 is 1.88 bits per heavy atom. The Labute approximate surface area is 193 Å². The first-order valence-corrected chi connectivity index (χ1v) is 12.2. The summed E-state index contributed by atoms with van der Waals surface area (Å²) < 4.78 is 26.8. The summed E-state index contributed by atoms with van der Waals surface area (Å²) in [6, 6.07) is 25.3. The van der Waals surface area contributed by atoms with Crippen molar-refractivity contribution in [2.75, 3.05) is 32.7 Å². The van der Waals surface area contributed by atoms with E-state index in [1.807, 2.05) is 42.5 Å². The number of sulfonamides is 1. The standard InChI is InChI=1S/C25H25N3O4S/c29-24(27-15-17-28(18-16-27)33(31,32)23-9-5-2-6-10-23)19-26-25(30)22-13-11-21(12-14-22)20-7-3-1-4-8-20/h1-14H,15-19H2,(H,26,30). The molecule has 0 spiro atoms. The smallest absolute Gasteiger partial charge is 0.251 e. The quantitative estimate of drug-likeness (QED) is 0.609. The van der Waals surface area contributed by atoms with E-state index in [0.29, 0.717) is 5.56 Å². The van der Waals surface area contributed by atoms with Gasteiger partial charge in [0.1, 0.15) is 0 Å². The molecule has 2 amide bonds. The minimum atomic E-state index is -3.57. The van der Waals surface area contributed by atoms with Crippen LogP contribution < -0.4 is 5.32 Å². The third kappa shape index (κ3) is 5.30. The average molecular weight is 464 g/mol. The minimum Gasteiger partial charge on any atom is -0.343 e. The summed E-state index contributed by atoms with van der Waals surface area (Å²) in [4.78, 5) is 26.8. The molecule has 7 nitrogen and oxygen atoms in total. The summed E-state index contributed by atoms with van der Waals surface area (Å²) in [5.41, 5.74) is 2.54. The molecule has 1 fully saturated rings. The Balaban J connectivity index is 1.28. The number of benzene rings is 3. The van der Waals surface area contributed by atoms with Crippen LogP contribution in [-0.2, 0) is 14.8 Å². The van der Waals surface area contributed by atoms with Gasteiger partial charge in [-0.25, -0.2) is 8.42 Å². The molecule has 0 atom stereocenters. The highest BCUT2D eigenvalue weighted by atomic mass is 32.2. The highest BCUT2D eigenvalue weighted by Gasteiger charge is 2.30. The molecule has 0 unspecified atom stereocenters. The summed E-state index contributed by atoms with van der Waals surface area (Å²) >= 11 is 0. The second kappa shape index (κ2) is 9.97. The Hall–Kier alpha value is -3.49. The van der Waals surface area contributed by atoms with Gasteiger partial charge in [0.05, 0.1) is 11.4 Å². The number of nitrogens with one attached hydrogen (secondary N) is 1. The van der Waals surface area contributed by atoms with E-state index in [0.717, 1.165) is 11.1 Å². The zero-order valence-electron chi connectivity index (χ0n) is 18.1. The maximum atomic E-state index is 12.7. The van der Waals surface area contributed by atoms with Crippen molar-refractivity contribution in [3.05, 3.63) is 90.5 Å². The molecule has 0 radical (unpaired) electrons. The molecule has 0 bridgehead atoms. The summed E-state index contributed by atoms with van der Waals surface area (Å²) in [6.45, 7) is 0.875. The molecule has 1 saturated heterocycles. The molecule has 1 N–H and O–H groups in total. The molecule has 1 heterocycles. The van der Waals surface area contributed by atoms with Gasteiger partial charge in [-0.1, -0.05) is 60.7 Å². The lowest BCUT2D eigenvalue weighted by Crippen LogP contribution is -2.52. The number of carbonyl (C=O) groups excluding carboxylic acids is 2. The maximum absolute atomic E-state index is 12.7. The van der Waals surface area contributed by atoms with Gasteiger partial charge in [-0.2, -0.15) is 4.31 Å². The molecule has 0 aliphatic carbocycles. The predicted molar refractivity (Wildman–Crippen MR) is 126 cm³/mol. The number of hydrogen-bond donors (Lipinski definition) is 1. The molecule has 1 aliphatic rings. The molecule has 8 heteroatoms. The third-order valence-electron chi connectivity index (χ3n) is 5.63. The fraction of sp³-hybridized carbons (Fsp3) is 0.200. The summed E-state index contributed by atoms with van der Waals surface area (Å²) in [5.74, 6) is -0.561. The first-order valence-electron chi connectivity index (χ1n) is 10.7. The van der Waals surface area contributed by atoms with Crippen LogP contribution in [0.1, 0.15) is 10.4 Å². The Kier molecular flexibility index (Phi) is 6.86. The fourth-order valence-electron chi connectivity index (χ4n) is 3.73. The van der Waals surface area contributed by atoms with Crippen LogP contribution in [0, 0.1) is 0 Å². The second-order valence-electron chi connectivity index (χ2n) is 7.72. The average Bonchev–Trinajstić information content (AvgIpc) is 2.88. The summed E-state index contributed by atoms with van der Waals surface area (Å²) in [6.07, 6.45) is 0. The monoisotopic (exact) mass is 463 g/mol.